The summed E-state index contributed by atoms with van der Waals surface area (Å²) >= 11 is 5.80. The summed E-state index contributed by atoms with van der Waals surface area (Å²) in [6.07, 6.45) is 0.272. The van der Waals surface area contributed by atoms with Crippen LogP contribution >= 0.6 is 11.6 Å². The van der Waals surface area contributed by atoms with Crippen LogP contribution in [0.25, 0.3) is 0 Å². The molecule has 0 aliphatic heterocycles. The summed E-state index contributed by atoms with van der Waals surface area (Å²) in [5.74, 6) is 0.706. The number of rotatable bonds is 8. The molecule has 0 saturated carbocycles. The molecule has 1 amide bonds. The van der Waals surface area contributed by atoms with Gasteiger partial charge in [0.15, 0.2) is 0 Å². The van der Waals surface area contributed by atoms with Crippen LogP contribution in [0.15, 0.2) is 0 Å². The molecule has 1 heterocycles. The van der Waals surface area contributed by atoms with Crippen LogP contribution in [-0.2, 0) is 4.79 Å². The Balaban J connectivity index is 2.44. The van der Waals surface area contributed by atoms with Crippen LogP contribution < -0.4 is 15.4 Å². The quantitative estimate of drug-likeness (QED) is 0.761. The molecule has 0 radical (unpaired) electrons. The molecule has 2 N–H and O–H groups in total. The van der Waals surface area contributed by atoms with Crippen molar-refractivity contribution in [3.63, 3.8) is 0 Å². The second kappa shape index (κ2) is 8.61. The van der Waals surface area contributed by atoms with Gasteiger partial charge in [-0.3, -0.25) is 4.79 Å². The third kappa shape index (κ3) is 7.65. The van der Waals surface area contributed by atoms with Crippen LogP contribution in [0.2, 0.25) is 5.28 Å². The zero-order chi connectivity index (χ0) is 15.8. The van der Waals surface area contributed by atoms with Crippen molar-refractivity contribution in [2.45, 2.75) is 40.2 Å². The third-order valence-electron chi connectivity index (χ3n) is 2.27. The minimum Gasteiger partial charge on any atom is -0.461 e. The van der Waals surface area contributed by atoms with Crippen LogP contribution in [-0.4, -0.2) is 40.1 Å². The minimum atomic E-state index is -0.0573. The van der Waals surface area contributed by atoms with E-state index in [0.717, 1.165) is 0 Å². The van der Waals surface area contributed by atoms with E-state index >= 15 is 0 Å². The molecule has 1 rings (SSSR count). The van der Waals surface area contributed by atoms with Gasteiger partial charge in [-0.05, 0) is 31.4 Å². The maximum atomic E-state index is 11.6. The van der Waals surface area contributed by atoms with Gasteiger partial charge in [-0.1, -0.05) is 13.8 Å². The molecule has 1 aromatic rings. The second-order valence-electron chi connectivity index (χ2n) is 5.25. The van der Waals surface area contributed by atoms with Crippen LogP contribution in [0.1, 0.15) is 34.1 Å². The van der Waals surface area contributed by atoms with Crippen LogP contribution in [0.3, 0.4) is 0 Å². The normalized spacial score (nSPS) is 10.8. The lowest BCUT2D eigenvalue weighted by molar-refractivity contribution is -0.120. The van der Waals surface area contributed by atoms with Crippen molar-refractivity contribution in [3.05, 3.63) is 5.28 Å². The fourth-order valence-electron chi connectivity index (χ4n) is 1.37. The van der Waals surface area contributed by atoms with Crippen LogP contribution in [0.5, 0.6) is 6.01 Å². The molecule has 0 bridgehead atoms. The molecule has 0 aliphatic rings. The van der Waals surface area contributed by atoms with Gasteiger partial charge in [0, 0.05) is 19.5 Å². The molecule has 7 nitrogen and oxygen atoms in total. The van der Waals surface area contributed by atoms with E-state index in [4.69, 9.17) is 16.3 Å². The van der Waals surface area contributed by atoms with Gasteiger partial charge in [-0.25, -0.2) is 0 Å². The number of carbonyl (C=O) groups is 1. The average molecular weight is 316 g/mol. The molecule has 21 heavy (non-hydrogen) atoms. The number of carbonyl (C=O) groups excluding carboxylic acids is 1. The Labute approximate surface area is 129 Å². The van der Waals surface area contributed by atoms with E-state index < -0.39 is 0 Å². The lowest BCUT2D eigenvalue weighted by atomic mass is 10.2. The molecule has 0 atom stereocenters. The van der Waals surface area contributed by atoms with Gasteiger partial charge >= 0.3 is 6.01 Å². The van der Waals surface area contributed by atoms with Gasteiger partial charge in [0.1, 0.15) is 0 Å². The summed E-state index contributed by atoms with van der Waals surface area (Å²) in [6, 6.07) is 0.164. The number of halogens is 1. The summed E-state index contributed by atoms with van der Waals surface area (Å²) in [4.78, 5) is 23.4. The van der Waals surface area contributed by atoms with Crippen LogP contribution in [0, 0.1) is 5.92 Å². The Morgan fingerprint density at radius 1 is 1.24 bits per heavy atom. The SMILES string of the molecule is CC(C)CNC(=O)CCNc1nc(Cl)nc(OC(C)C)n1. The van der Waals surface area contributed by atoms with Gasteiger partial charge in [0.25, 0.3) is 0 Å². The number of aromatic nitrogens is 3. The van der Waals surface area contributed by atoms with E-state index in [1.54, 1.807) is 0 Å². The number of nitrogens with zero attached hydrogens (tertiary/aromatic N) is 3. The number of ether oxygens (including phenoxy) is 1. The third-order valence-corrected chi connectivity index (χ3v) is 2.44. The fourth-order valence-corrected chi connectivity index (χ4v) is 1.52. The maximum absolute atomic E-state index is 11.6. The van der Waals surface area contributed by atoms with Gasteiger partial charge in [-0.2, -0.15) is 15.0 Å². The minimum absolute atomic E-state index is 0.0185. The van der Waals surface area contributed by atoms with Gasteiger partial charge in [0.05, 0.1) is 6.10 Å². The Morgan fingerprint density at radius 3 is 2.57 bits per heavy atom. The zero-order valence-corrected chi connectivity index (χ0v) is 13.6. The summed E-state index contributed by atoms with van der Waals surface area (Å²) in [5, 5.41) is 5.81. The number of hydrogen-bond acceptors (Lipinski definition) is 6. The van der Waals surface area contributed by atoms with E-state index in [9.17, 15) is 4.79 Å². The highest BCUT2D eigenvalue weighted by Gasteiger charge is 2.08. The Morgan fingerprint density at radius 2 is 1.95 bits per heavy atom. The van der Waals surface area contributed by atoms with E-state index in [1.807, 2.05) is 27.7 Å². The lowest BCUT2D eigenvalue weighted by Crippen LogP contribution is -2.28. The van der Waals surface area contributed by atoms with E-state index in [2.05, 4.69) is 25.6 Å². The smallest absolute Gasteiger partial charge is 0.322 e. The first-order chi connectivity index (χ1) is 9.86. The zero-order valence-electron chi connectivity index (χ0n) is 12.8. The summed E-state index contributed by atoms with van der Waals surface area (Å²) < 4.78 is 5.36. The molecule has 0 unspecified atom stereocenters. The highest BCUT2D eigenvalue weighted by Crippen LogP contribution is 2.12. The van der Waals surface area contributed by atoms with Crippen molar-refractivity contribution >= 4 is 23.5 Å². The topological polar surface area (TPSA) is 89.0 Å². The predicted molar refractivity (Wildman–Crippen MR) is 81.6 cm³/mol. The first-order valence-corrected chi connectivity index (χ1v) is 7.33. The van der Waals surface area contributed by atoms with Gasteiger partial charge in [0.2, 0.25) is 17.1 Å². The second-order valence-corrected chi connectivity index (χ2v) is 5.59. The molecular weight excluding hydrogens is 294 g/mol. The van der Waals surface area contributed by atoms with Gasteiger partial charge in [-0.15, -0.1) is 0 Å². The molecule has 8 heteroatoms. The highest BCUT2D eigenvalue weighted by molar-refractivity contribution is 6.28. The molecule has 0 aliphatic carbocycles. The van der Waals surface area contributed by atoms with Crippen molar-refractivity contribution in [1.29, 1.82) is 0 Å². The number of hydrogen-bond donors (Lipinski definition) is 2. The van der Waals surface area contributed by atoms with E-state index in [0.29, 0.717) is 31.4 Å². The first-order valence-electron chi connectivity index (χ1n) is 6.95. The molecular formula is C13H22ClN5O2. The van der Waals surface area contributed by atoms with Crippen molar-refractivity contribution < 1.29 is 9.53 Å². The van der Waals surface area contributed by atoms with E-state index in [1.165, 1.54) is 0 Å². The van der Waals surface area contributed by atoms with Crippen LogP contribution in [0.4, 0.5) is 5.95 Å². The number of anilines is 1. The molecule has 0 fully saturated rings. The fraction of sp³-hybridized carbons (Fsp3) is 0.692. The number of nitrogens with one attached hydrogen (secondary N) is 2. The Bertz CT molecular complexity index is 468. The monoisotopic (exact) mass is 315 g/mol. The molecule has 118 valence electrons. The van der Waals surface area contributed by atoms with E-state index in [-0.39, 0.29) is 23.3 Å². The summed E-state index contributed by atoms with van der Waals surface area (Å²) in [6.45, 7) is 8.89. The predicted octanol–water partition coefficient (Wildman–Crippen LogP) is 1.89. The standard InChI is InChI=1S/C13H22ClN5O2/c1-8(2)7-16-10(20)5-6-15-12-17-11(14)18-13(19-12)21-9(3)4/h8-9H,5-7H2,1-4H3,(H,16,20)(H,15,17,18,19). The number of amides is 1. The molecule has 0 spiro atoms. The van der Waals surface area contributed by atoms with Crippen molar-refractivity contribution in [2.75, 3.05) is 18.4 Å². The average Bonchev–Trinajstić information content (AvgIpc) is 2.34. The Kier molecular flexibility index (Phi) is 7.14. The maximum Gasteiger partial charge on any atom is 0.322 e. The Hall–Kier alpha value is -1.63. The molecule has 0 saturated heterocycles. The largest absolute Gasteiger partial charge is 0.461 e. The summed E-state index contributed by atoms with van der Waals surface area (Å²) in [7, 11) is 0. The van der Waals surface area contributed by atoms with Gasteiger partial charge < -0.3 is 15.4 Å². The first kappa shape index (κ1) is 17.4. The molecule has 0 aromatic carbocycles. The molecule has 1 aromatic heterocycles. The van der Waals surface area contributed by atoms with Crippen molar-refractivity contribution in [1.82, 2.24) is 20.3 Å². The lowest BCUT2D eigenvalue weighted by Gasteiger charge is -2.10. The van der Waals surface area contributed by atoms with Crippen molar-refractivity contribution in [3.8, 4) is 6.01 Å². The van der Waals surface area contributed by atoms with Crippen molar-refractivity contribution in [2.24, 2.45) is 5.92 Å². The summed E-state index contributed by atoms with van der Waals surface area (Å²) in [5.41, 5.74) is 0. The highest BCUT2D eigenvalue weighted by atomic mass is 35.5.